The summed E-state index contributed by atoms with van der Waals surface area (Å²) in [4.78, 5) is 18.7. The number of piperidine rings is 1. The molecule has 1 aromatic rings. The predicted octanol–water partition coefficient (Wildman–Crippen LogP) is 2.79. The molecule has 4 nitrogen and oxygen atoms in total. The number of esters is 1. The van der Waals surface area contributed by atoms with E-state index in [2.05, 4.69) is 29.1 Å². The second-order valence-corrected chi connectivity index (χ2v) is 6.23. The standard InChI is InChI=1S/C14H22N2O2S/c1-10(2)13-15-11(9-19-13)8-16-7-5-4-6-12(16)14(17)18-3/h9-10,12H,4-8H2,1-3H3. The lowest BCUT2D eigenvalue weighted by Crippen LogP contribution is -2.44. The lowest BCUT2D eigenvalue weighted by atomic mass is 10.0. The Hall–Kier alpha value is -0.940. The van der Waals surface area contributed by atoms with Gasteiger partial charge in [-0.1, -0.05) is 20.3 Å². The molecule has 0 aliphatic carbocycles. The van der Waals surface area contributed by atoms with Crippen LogP contribution in [0.4, 0.5) is 0 Å². The van der Waals surface area contributed by atoms with Crippen molar-refractivity contribution in [2.45, 2.75) is 51.6 Å². The van der Waals surface area contributed by atoms with Gasteiger partial charge in [-0.2, -0.15) is 0 Å². The number of hydrogen-bond donors (Lipinski definition) is 0. The van der Waals surface area contributed by atoms with Crippen LogP contribution in [0.1, 0.15) is 49.7 Å². The quantitative estimate of drug-likeness (QED) is 0.796. The van der Waals surface area contributed by atoms with Crippen LogP contribution in [0.2, 0.25) is 0 Å². The van der Waals surface area contributed by atoms with Crippen molar-refractivity contribution >= 4 is 17.3 Å². The van der Waals surface area contributed by atoms with Gasteiger partial charge in [-0.3, -0.25) is 9.69 Å². The number of ether oxygens (including phenoxy) is 1. The van der Waals surface area contributed by atoms with Gasteiger partial charge in [0.25, 0.3) is 0 Å². The van der Waals surface area contributed by atoms with Crippen LogP contribution in [0.3, 0.4) is 0 Å². The van der Waals surface area contributed by atoms with E-state index in [1.165, 1.54) is 12.1 Å². The van der Waals surface area contributed by atoms with Gasteiger partial charge in [-0.25, -0.2) is 4.98 Å². The average Bonchev–Trinajstić information content (AvgIpc) is 2.87. The van der Waals surface area contributed by atoms with E-state index in [0.717, 1.165) is 38.0 Å². The van der Waals surface area contributed by atoms with E-state index < -0.39 is 0 Å². The summed E-state index contributed by atoms with van der Waals surface area (Å²) in [7, 11) is 1.47. The number of hydrogen-bond acceptors (Lipinski definition) is 5. The normalized spacial score (nSPS) is 20.7. The van der Waals surface area contributed by atoms with E-state index in [0.29, 0.717) is 5.92 Å². The lowest BCUT2D eigenvalue weighted by molar-refractivity contribution is -0.148. The van der Waals surface area contributed by atoms with Crippen LogP contribution in [0.15, 0.2) is 5.38 Å². The molecule has 1 aromatic heterocycles. The molecule has 0 saturated carbocycles. The molecule has 1 aliphatic rings. The molecular weight excluding hydrogens is 260 g/mol. The number of carbonyl (C=O) groups excluding carboxylic acids is 1. The molecule has 106 valence electrons. The van der Waals surface area contributed by atoms with Crippen molar-refractivity contribution in [1.29, 1.82) is 0 Å². The Kier molecular flexibility index (Phi) is 4.93. The zero-order chi connectivity index (χ0) is 13.8. The van der Waals surface area contributed by atoms with Crippen LogP contribution in [0.25, 0.3) is 0 Å². The number of nitrogens with zero attached hydrogens (tertiary/aromatic N) is 2. The summed E-state index contributed by atoms with van der Waals surface area (Å²) in [5.41, 5.74) is 1.07. The maximum atomic E-state index is 11.8. The number of likely N-dealkylation sites (tertiary alicyclic amines) is 1. The number of aromatic nitrogens is 1. The highest BCUT2D eigenvalue weighted by Gasteiger charge is 2.29. The summed E-state index contributed by atoms with van der Waals surface area (Å²) in [6.07, 6.45) is 3.15. The molecule has 19 heavy (non-hydrogen) atoms. The summed E-state index contributed by atoms with van der Waals surface area (Å²) in [5, 5.41) is 3.28. The largest absolute Gasteiger partial charge is 0.468 e. The molecule has 1 atom stereocenters. The molecule has 1 saturated heterocycles. The Balaban J connectivity index is 2.04. The van der Waals surface area contributed by atoms with Crippen molar-refractivity contribution in [2.24, 2.45) is 0 Å². The van der Waals surface area contributed by atoms with Crippen LogP contribution in [-0.2, 0) is 16.1 Å². The fourth-order valence-corrected chi connectivity index (χ4v) is 3.28. The molecule has 0 N–H and O–H groups in total. The summed E-state index contributed by atoms with van der Waals surface area (Å²) in [6, 6.07) is -0.0945. The minimum absolute atomic E-state index is 0.0945. The van der Waals surface area contributed by atoms with E-state index in [4.69, 9.17) is 4.74 Å². The highest BCUT2D eigenvalue weighted by molar-refractivity contribution is 7.09. The van der Waals surface area contributed by atoms with Crippen molar-refractivity contribution in [3.8, 4) is 0 Å². The molecule has 0 spiro atoms. The number of methoxy groups -OCH3 is 1. The SMILES string of the molecule is COC(=O)C1CCCCN1Cc1csc(C(C)C)n1. The Bertz CT molecular complexity index is 431. The number of thiazole rings is 1. The van der Waals surface area contributed by atoms with Crippen LogP contribution in [0, 0.1) is 0 Å². The summed E-state index contributed by atoms with van der Waals surface area (Å²) in [6.45, 7) is 6.01. The van der Waals surface area contributed by atoms with E-state index in [1.54, 1.807) is 11.3 Å². The van der Waals surface area contributed by atoms with E-state index in [-0.39, 0.29) is 12.0 Å². The van der Waals surface area contributed by atoms with Crippen molar-refractivity contribution in [1.82, 2.24) is 9.88 Å². The van der Waals surface area contributed by atoms with Crippen molar-refractivity contribution < 1.29 is 9.53 Å². The number of carbonyl (C=O) groups is 1. The summed E-state index contributed by atoms with van der Waals surface area (Å²) < 4.78 is 4.90. The zero-order valence-corrected chi connectivity index (χ0v) is 12.7. The smallest absolute Gasteiger partial charge is 0.323 e. The van der Waals surface area contributed by atoms with Crippen molar-refractivity contribution in [2.75, 3.05) is 13.7 Å². The van der Waals surface area contributed by atoms with E-state index >= 15 is 0 Å². The Morgan fingerprint density at radius 2 is 2.37 bits per heavy atom. The molecule has 5 heteroatoms. The maximum absolute atomic E-state index is 11.8. The topological polar surface area (TPSA) is 42.4 Å². The maximum Gasteiger partial charge on any atom is 0.323 e. The van der Waals surface area contributed by atoms with Gasteiger partial charge in [0.1, 0.15) is 6.04 Å². The molecule has 0 amide bonds. The second kappa shape index (κ2) is 6.48. The van der Waals surface area contributed by atoms with Gasteiger partial charge < -0.3 is 4.74 Å². The van der Waals surface area contributed by atoms with Crippen LogP contribution < -0.4 is 0 Å². The first-order valence-corrected chi connectivity index (χ1v) is 7.76. The summed E-state index contributed by atoms with van der Waals surface area (Å²) in [5.74, 6) is 0.357. The third-order valence-corrected chi connectivity index (χ3v) is 4.71. The zero-order valence-electron chi connectivity index (χ0n) is 11.9. The molecular formula is C14H22N2O2S. The van der Waals surface area contributed by atoms with E-state index in [1.807, 2.05) is 0 Å². The van der Waals surface area contributed by atoms with Crippen LogP contribution in [0.5, 0.6) is 0 Å². The Morgan fingerprint density at radius 1 is 1.58 bits per heavy atom. The molecule has 1 fully saturated rings. The van der Waals surface area contributed by atoms with Crippen LogP contribution in [-0.4, -0.2) is 35.5 Å². The van der Waals surface area contributed by atoms with Gasteiger partial charge in [-0.05, 0) is 19.4 Å². The lowest BCUT2D eigenvalue weighted by Gasteiger charge is -2.33. The molecule has 0 radical (unpaired) electrons. The molecule has 2 rings (SSSR count). The van der Waals surface area contributed by atoms with Gasteiger partial charge in [0.2, 0.25) is 0 Å². The highest BCUT2D eigenvalue weighted by atomic mass is 32.1. The first-order valence-electron chi connectivity index (χ1n) is 6.88. The highest BCUT2D eigenvalue weighted by Crippen LogP contribution is 2.23. The first kappa shape index (κ1) is 14.5. The molecule has 2 heterocycles. The minimum Gasteiger partial charge on any atom is -0.468 e. The monoisotopic (exact) mass is 282 g/mol. The van der Waals surface area contributed by atoms with Gasteiger partial charge >= 0.3 is 5.97 Å². The van der Waals surface area contributed by atoms with Crippen molar-refractivity contribution in [3.05, 3.63) is 16.1 Å². The fourth-order valence-electron chi connectivity index (χ4n) is 2.45. The average molecular weight is 282 g/mol. The van der Waals surface area contributed by atoms with Gasteiger partial charge in [-0.15, -0.1) is 11.3 Å². The fraction of sp³-hybridized carbons (Fsp3) is 0.714. The second-order valence-electron chi connectivity index (χ2n) is 5.34. The molecule has 1 unspecified atom stereocenters. The molecule has 1 aliphatic heterocycles. The molecule has 0 bridgehead atoms. The molecule has 0 aromatic carbocycles. The predicted molar refractivity (Wildman–Crippen MR) is 76.3 cm³/mol. The van der Waals surface area contributed by atoms with Crippen molar-refractivity contribution in [3.63, 3.8) is 0 Å². The first-order chi connectivity index (χ1) is 9.11. The number of rotatable bonds is 4. The van der Waals surface area contributed by atoms with Gasteiger partial charge in [0.15, 0.2) is 0 Å². The Morgan fingerprint density at radius 3 is 3.00 bits per heavy atom. The van der Waals surface area contributed by atoms with E-state index in [9.17, 15) is 4.79 Å². The third kappa shape index (κ3) is 3.54. The van der Waals surface area contributed by atoms with Gasteiger partial charge in [0.05, 0.1) is 17.8 Å². The Labute approximate surface area is 118 Å². The summed E-state index contributed by atoms with van der Waals surface area (Å²) >= 11 is 1.71. The van der Waals surface area contributed by atoms with Gasteiger partial charge in [0, 0.05) is 17.8 Å². The third-order valence-electron chi connectivity index (χ3n) is 3.52. The van der Waals surface area contributed by atoms with Crippen LogP contribution >= 0.6 is 11.3 Å². The minimum atomic E-state index is -0.112.